The van der Waals surface area contributed by atoms with Gasteiger partial charge in [0.25, 0.3) is 5.91 Å². The number of oxazole rings is 1. The van der Waals surface area contributed by atoms with Crippen molar-refractivity contribution in [3.05, 3.63) is 113 Å². The third kappa shape index (κ3) is 11.1. The third-order valence-corrected chi connectivity index (χ3v) is 7.43. The number of hydrogen-bond acceptors (Lipinski definition) is 7. The maximum Gasteiger partial charge on any atom is 0.416 e. The van der Waals surface area contributed by atoms with Crippen LogP contribution in [0.5, 0.6) is 0 Å². The van der Waals surface area contributed by atoms with E-state index in [1.54, 1.807) is 11.0 Å². The van der Waals surface area contributed by atoms with Crippen LogP contribution in [0, 0.1) is 11.6 Å². The molecule has 4 aromatic rings. The van der Waals surface area contributed by atoms with Gasteiger partial charge in [-0.15, -0.1) is 12.4 Å². The first-order chi connectivity index (χ1) is 22.9. The topological polar surface area (TPSA) is 111 Å². The van der Waals surface area contributed by atoms with Gasteiger partial charge in [0.2, 0.25) is 5.89 Å². The minimum Gasteiger partial charge on any atom is -0.456 e. The summed E-state index contributed by atoms with van der Waals surface area (Å²) in [5, 5.41) is 2.97. The molecule has 0 saturated heterocycles. The summed E-state index contributed by atoms with van der Waals surface area (Å²) in [5.41, 5.74) is 6.70. The number of rotatable bonds is 15. The molecule has 0 aliphatic heterocycles. The Morgan fingerprint density at radius 1 is 0.959 bits per heavy atom. The molecular formula is C35H38ClF5N4O4. The molecule has 0 radical (unpaired) electrons. The number of ether oxygens (including phenoxy) is 1. The molecule has 0 saturated carbocycles. The zero-order valence-electron chi connectivity index (χ0n) is 26.9. The van der Waals surface area contributed by atoms with E-state index in [4.69, 9.17) is 14.9 Å². The lowest BCUT2D eigenvalue weighted by molar-refractivity contribution is -0.137. The van der Waals surface area contributed by atoms with Crippen molar-refractivity contribution >= 4 is 24.3 Å². The molecule has 0 aliphatic rings. The fourth-order valence-electron chi connectivity index (χ4n) is 5.23. The Kier molecular flexibility index (Phi) is 14.3. The van der Waals surface area contributed by atoms with E-state index in [1.807, 2.05) is 13.8 Å². The number of carbonyl (C=O) groups is 2. The summed E-state index contributed by atoms with van der Waals surface area (Å²) < 4.78 is 78.8. The van der Waals surface area contributed by atoms with Gasteiger partial charge in [-0.25, -0.2) is 18.6 Å². The molecule has 49 heavy (non-hydrogen) atoms. The van der Waals surface area contributed by atoms with Gasteiger partial charge in [0, 0.05) is 49.4 Å². The monoisotopic (exact) mass is 708 g/mol. The molecule has 1 heterocycles. The molecule has 14 heteroatoms. The quantitative estimate of drug-likeness (QED) is 0.0992. The molecule has 264 valence electrons. The number of amides is 1. The van der Waals surface area contributed by atoms with Gasteiger partial charge in [-0.1, -0.05) is 32.0 Å². The molecule has 0 aliphatic carbocycles. The van der Waals surface area contributed by atoms with Gasteiger partial charge in [0.05, 0.1) is 17.3 Å². The van der Waals surface area contributed by atoms with Crippen molar-refractivity contribution in [3.63, 3.8) is 0 Å². The van der Waals surface area contributed by atoms with E-state index in [0.717, 1.165) is 37.1 Å². The summed E-state index contributed by atoms with van der Waals surface area (Å²) >= 11 is 0. The first kappa shape index (κ1) is 39.1. The second-order valence-corrected chi connectivity index (χ2v) is 11.3. The molecule has 2 atom stereocenters. The minimum absolute atomic E-state index is 0. The summed E-state index contributed by atoms with van der Waals surface area (Å²) in [6.07, 6.45) is -1.52. The average molecular weight is 709 g/mol. The zero-order chi connectivity index (χ0) is 34.8. The van der Waals surface area contributed by atoms with Crippen LogP contribution in [-0.4, -0.2) is 53.5 Å². The largest absolute Gasteiger partial charge is 0.456 e. The average Bonchev–Trinajstić information content (AvgIpc) is 3.58. The number of carbonyl (C=O) groups excluding carboxylic acids is 2. The van der Waals surface area contributed by atoms with Gasteiger partial charge in [0.1, 0.15) is 24.0 Å². The minimum atomic E-state index is -4.53. The van der Waals surface area contributed by atoms with Gasteiger partial charge in [0.15, 0.2) is 0 Å². The van der Waals surface area contributed by atoms with E-state index in [-0.39, 0.29) is 60.4 Å². The molecule has 0 bridgehead atoms. The number of nitrogens with two attached hydrogens (primary N) is 1. The van der Waals surface area contributed by atoms with Gasteiger partial charge in [-0.05, 0) is 66.8 Å². The standard InChI is InChI=1S/C35H37F5N4O4.ClH/c1-3-9-44(10-4-2)33(45)25-16-24(32-43-8-11-47-32)17-26(18-25)34(46)48-31(30(41)15-23-13-28(36)19-29(37)14-23)21-42-20-22-6-5-7-27(12-22)35(38,39)40;/h5-8,11-14,16-19,30-31,42H,3-4,9-10,15,20-21,41H2,1-2H3;1H/t30-,31+;/m0./s1. The second kappa shape index (κ2) is 17.9. The van der Waals surface area contributed by atoms with Crippen molar-refractivity contribution in [1.29, 1.82) is 0 Å². The van der Waals surface area contributed by atoms with Crippen molar-refractivity contribution in [2.24, 2.45) is 5.73 Å². The van der Waals surface area contributed by atoms with Crippen molar-refractivity contribution in [2.45, 2.75) is 58.0 Å². The molecule has 3 N–H and O–H groups in total. The Labute approximate surface area is 287 Å². The Balaban J connectivity index is 0.00000650. The van der Waals surface area contributed by atoms with E-state index < -0.39 is 41.5 Å². The van der Waals surface area contributed by atoms with Gasteiger partial charge in [-0.2, -0.15) is 13.2 Å². The van der Waals surface area contributed by atoms with Crippen LogP contribution >= 0.6 is 12.4 Å². The van der Waals surface area contributed by atoms with E-state index in [2.05, 4.69) is 10.3 Å². The number of alkyl halides is 3. The summed E-state index contributed by atoms with van der Waals surface area (Å²) in [5.74, 6) is -2.62. The van der Waals surface area contributed by atoms with E-state index >= 15 is 0 Å². The molecular weight excluding hydrogens is 671 g/mol. The first-order valence-corrected chi connectivity index (χ1v) is 15.5. The normalized spacial score (nSPS) is 12.6. The highest BCUT2D eigenvalue weighted by Crippen LogP contribution is 2.29. The fourth-order valence-corrected chi connectivity index (χ4v) is 5.23. The number of nitrogens with zero attached hydrogens (tertiary/aromatic N) is 2. The van der Waals surface area contributed by atoms with E-state index in [0.29, 0.717) is 30.3 Å². The smallest absolute Gasteiger partial charge is 0.416 e. The molecule has 1 aromatic heterocycles. The zero-order valence-corrected chi connectivity index (χ0v) is 27.8. The van der Waals surface area contributed by atoms with Crippen molar-refractivity contribution in [1.82, 2.24) is 15.2 Å². The van der Waals surface area contributed by atoms with Crippen LogP contribution in [0.3, 0.4) is 0 Å². The van der Waals surface area contributed by atoms with Crippen LogP contribution in [0.25, 0.3) is 11.5 Å². The first-order valence-electron chi connectivity index (χ1n) is 15.5. The molecule has 0 fully saturated rings. The summed E-state index contributed by atoms with van der Waals surface area (Å²) in [6, 6.07) is 11.1. The maximum atomic E-state index is 13.9. The van der Waals surface area contributed by atoms with Crippen molar-refractivity contribution in [2.75, 3.05) is 19.6 Å². The third-order valence-electron chi connectivity index (χ3n) is 7.43. The summed E-state index contributed by atoms with van der Waals surface area (Å²) in [4.78, 5) is 33.1. The summed E-state index contributed by atoms with van der Waals surface area (Å²) in [6.45, 7) is 4.76. The molecule has 3 aromatic carbocycles. The highest BCUT2D eigenvalue weighted by atomic mass is 35.5. The van der Waals surface area contributed by atoms with E-state index in [9.17, 15) is 31.5 Å². The highest BCUT2D eigenvalue weighted by molar-refractivity contribution is 5.99. The number of esters is 1. The summed E-state index contributed by atoms with van der Waals surface area (Å²) in [7, 11) is 0. The Hall–Kier alpha value is -4.33. The molecule has 8 nitrogen and oxygen atoms in total. The number of benzene rings is 3. The van der Waals surface area contributed by atoms with Crippen LogP contribution in [-0.2, 0) is 23.9 Å². The van der Waals surface area contributed by atoms with Crippen LogP contribution in [0.2, 0.25) is 0 Å². The maximum absolute atomic E-state index is 13.9. The molecule has 4 rings (SSSR count). The van der Waals surface area contributed by atoms with E-state index in [1.165, 1.54) is 36.7 Å². The Morgan fingerprint density at radius 3 is 2.24 bits per heavy atom. The van der Waals surface area contributed by atoms with Crippen LogP contribution < -0.4 is 11.1 Å². The van der Waals surface area contributed by atoms with Gasteiger partial charge in [-0.3, -0.25) is 4.79 Å². The van der Waals surface area contributed by atoms with Gasteiger partial charge < -0.3 is 25.1 Å². The number of halogens is 6. The van der Waals surface area contributed by atoms with Crippen LogP contribution in [0.1, 0.15) is 64.1 Å². The lowest BCUT2D eigenvalue weighted by Gasteiger charge is -2.25. The number of hydrogen-bond donors (Lipinski definition) is 2. The van der Waals surface area contributed by atoms with Crippen LogP contribution in [0.15, 0.2) is 77.5 Å². The molecule has 1 amide bonds. The number of aromatic nitrogens is 1. The Bertz CT molecular complexity index is 1660. The highest BCUT2D eigenvalue weighted by Gasteiger charge is 2.30. The number of nitrogens with one attached hydrogen (secondary N) is 1. The molecule has 0 spiro atoms. The fraction of sp³-hybridized carbons (Fsp3) is 0.343. The predicted molar refractivity (Wildman–Crippen MR) is 176 cm³/mol. The van der Waals surface area contributed by atoms with Crippen molar-refractivity contribution < 1.29 is 40.7 Å². The lowest BCUT2D eigenvalue weighted by Crippen LogP contribution is -2.46. The predicted octanol–water partition coefficient (Wildman–Crippen LogP) is 7.21. The van der Waals surface area contributed by atoms with Gasteiger partial charge >= 0.3 is 12.1 Å². The lowest BCUT2D eigenvalue weighted by atomic mass is 10.0. The van der Waals surface area contributed by atoms with Crippen LogP contribution in [0.4, 0.5) is 22.0 Å². The van der Waals surface area contributed by atoms with Crippen molar-refractivity contribution in [3.8, 4) is 11.5 Å². The SMILES string of the molecule is CCCN(CCC)C(=O)c1cc(C(=O)O[C@H](CNCc2cccc(C(F)(F)F)c2)[C@@H](N)Cc2cc(F)cc(F)c2)cc(-c2ncco2)c1.Cl. The Morgan fingerprint density at radius 2 is 1.63 bits per heavy atom. The second-order valence-electron chi connectivity index (χ2n) is 11.3. The molecule has 0 unspecified atom stereocenters.